The third kappa shape index (κ3) is 3.55. The molecule has 3 saturated heterocycles. The number of thioether (sulfide) groups is 1. The van der Waals surface area contributed by atoms with Gasteiger partial charge in [0.25, 0.3) is 0 Å². The number of likely N-dealkylation sites (tertiary alicyclic amines) is 1. The van der Waals surface area contributed by atoms with E-state index < -0.39 is 22.6 Å². The highest BCUT2D eigenvalue weighted by atomic mass is 32.2. The first-order chi connectivity index (χ1) is 14.4. The first-order valence-corrected chi connectivity index (χ1v) is 11.9. The van der Waals surface area contributed by atoms with Crippen molar-refractivity contribution in [3.05, 3.63) is 12.7 Å². The number of aliphatic hydroxyl groups excluding tert-OH is 1. The van der Waals surface area contributed by atoms with Gasteiger partial charge in [0.2, 0.25) is 11.8 Å². The summed E-state index contributed by atoms with van der Waals surface area (Å²) in [6, 6.07) is -0.651. The fourth-order valence-electron chi connectivity index (χ4n) is 5.64. The molecule has 1 spiro atoms. The zero-order chi connectivity index (χ0) is 22.1. The van der Waals surface area contributed by atoms with Crippen LogP contribution in [0.15, 0.2) is 12.7 Å². The van der Waals surface area contributed by atoms with Crippen molar-refractivity contribution >= 4 is 29.5 Å². The van der Waals surface area contributed by atoms with Gasteiger partial charge in [-0.3, -0.25) is 14.4 Å². The van der Waals surface area contributed by atoms with Crippen LogP contribution in [0.5, 0.6) is 0 Å². The Morgan fingerprint density at radius 3 is 2.80 bits per heavy atom. The summed E-state index contributed by atoms with van der Waals surface area (Å²) in [5, 5.41) is 9.64. The van der Waals surface area contributed by atoms with Crippen LogP contribution < -0.4 is 0 Å². The van der Waals surface area contributed by atoms with E-state index in [1.165, 1.54) is 4.90 Å². The normalized spacial score (nSPS) is 32.8. The average molecular weight is 439 g/mol. The maximum Gasteiger partial charge on any atom is 0.310 e. The number of hydrogen-bond donors (Lipinski definition) is 1. The van der Waals surface area contributed by atoms with Crippen molar-refractivity contribution in [2.75, 3.05) is 26.3 Å². The van der Waals surface area contributed by atoms with E-state index in [2.05, 4.69) is 13.5 Å². The Kier molecular flexibility index (Phi) is 7.17. The molecular formula is C22H34N2O5S. The lowest BCUT2D eigenvalue weighted by Crippen LogP contribution is -2.56. The number of rotatable bonds is 10. The number of ether oxygens (including phenoxy) is 1. The zero-order valence-corrected chi connectivity index (χ0v) is 19.0. The fraction of sp³-hybridized carbons (Fsp3) is 0.773. The van der Waals surface area contributed by atoms with E-state index in [1.54, 1.807) is 24.8 Å². The molecule has 3 fully saturated rings. The highest BCUT2D eigenvalue weighted by Crippen LogP contribution is 2.66. The largest absolute Gasteiger partial charge is 0.466 e. The molecule has 3 aliphatic heterocycles. The molecule has 3 rings (SSSR count). The third-order valence-corrected chi connectivity index (χ3v) is 8.73. The molecule has 30 heavy (non-hydrogen) atoms. The first kappa shape index (κ1) is 23.1. The van der Waals surface area contributed by atoms with Crippen molar-refractivity contribution in [2.24, 2.45) is 11.8 Å². The van der Waals surface area contributed by atoms with E-state index in [0.717, 1.165) is 25.7 Å². The molecular weight excluding hydrogens is 404 g/mol. The highest BCUT2D eigenvalue weighted by Gasteiger charge is 2.74. The molecule has 3 aliphatic rings. The number of β-amino-alcohol motifs (C(OH)–C–C–N with tert-alkyl or cyclic N) is 1. The van der Waals surface area contributed by atoms with E-state index >= 15 is 0 Å². The fourth-order valence-corrected chi connectivity index (χ4v) is 7.84. The maximum absolute atomic E-state index is 13.9. The number of carbonyl (C=O) groups is 3. The number of fused-ring (bicyclic) bond motifs is 1. The molecule has 0 radical (unpaired) electrons. The zero-order valence-electron chi connectivity index (χ0n) is 18.2. The minimum atomic E-state index is -0.671. The Bertz CT molecular complexity index is 701. The van der Waals surface area contributed by atoms with Gasteiger partial charge >= 0.3 is 5.97 Å². The van der Waals surface area contributed by atoms with Gasteiger partial charge in [-0.1, -0.05) is 19.4 Å². The Balaban J connectivity index is 2.00. The second-order valence-corrected chi connectivity index (χ2v) is 10.1. The molecule has 0 saturated carbocycles. The second-order valence-electron chi connectivity index (χ2n) is 8.48. The summed E-state index contributed by atoms with van der Waals surface area (Å²) in [7, 11) is 0. The number of amides is 2. The topological polar surface area (TPSA) is 87.2 Å². The smallest absolute Gasteiger partial charge is 0.310 e. The van der Waals surface area contributed by atoms with Crippen LogP contribution in [-0.4, -0.2) is 81.1 Å². The van der Waals surface area contributed by atoms with Crippen LogP contribution in [0.1, 0.15) is 46.5 Å². The molecule has 0 aromatic rings. The number of carbonyl (C=O) groups excluding carboxylic acids is 3. The van der Waals surface area contributed by atoms with Crippen LogP contribution in [0.3, 0.4) is 0 Å². The summed E-state index contributed by atoms with van der Waals surface area (Å²) in [5.41, 5.74) is 0. The van der Waals surface area contributed by atoms with E-state index in [-0.39, 0.29) is 48.8 Å². The van der Waals surface area contributed by atoms with E-state index in [1.807, 2.05) is 11.8 Å². The van der Waals surface area contributed by atoms with Crippen molar-refractivity contribution in [3.8, 4) is 0 Å². The molecule has 3 unspecified atom stereocenters. The summed E-state index contributed by atoms with van der Waals surface area (Å²) in [5.74, 6) is -1.71. The lowest BCUT2D eigenvalue weighted by Gasteiger charge is -2.39. The van der Waals surface area contributed by atoms with Crippen LogP contribution in [-0.2, 0) is 19.1 Å². The van der Waals surface area contributed by atoms with Gasteiger partial charge in [-0.25, -0.2) is 0 Å². The van der Waals surface area contributed by atoms with Gasteiger partial charge in [0.05, 0.1) is 29.8 Å². The molecule has 3 heterocycles. The van der Waals surface area contributed by atoms with E-state index in [0.29, 0.717) is 6.54 Å². The van der Waals surface area contributed by atoms with Gasteiger partial charge in [-0.15, -0.1) is 18.3 Å². The summed E-state index contributed by atoms with van der Waals surface area (Å²) < 4.78 is 4.67. The van der Waals surface area contributed by atoms with Crippen LogP contribution in [0, 0.1) is 11.8 Å². The average Bonchev–Trinajstić information content (AvgIpc) is 3.34. The molecule has 1 N–H and O–H groups in total. The minimum absolute atomic E-state index is 0.00509. The van der Waals surface area contributed by atoms with Crippen LogP contribution >= 0.6 is 11.8 Å². The number of esters is 1. The van der Waals surface area contributed by atoms with Crippen molar-refractivity contribution in [3.63, 3.8) is 0 Å². The maximum atomic E-state index is 13.9. The van der Waals surface area contributed by atoms with Crippen LogP contribution in [0.2, 0.25) is 0 Å². The summed E-state index contributed by atoms with van der Waals surface area (Å²) in [6.07, 6.45) is 5.03. The van der Waals surface area contributed by atoms with Crippen molar-refractivity contribution in [1.29, 1.82) is 0 Å². The predicted molar refractivity (Wildman–Crippen MR) is 116 cm³/mol. The number of nitrogens with zero attached hydrogens (tertiary/aromatic N) is 2. The molecule has 0 aliphatic carbocycles. The molecule has 0 aromatic heterocycles. The molecule has 8 heteroatoms. The molecule has 168 valence electrons. The Hall–Kier alpha value is -1.54. The SMILES string of the molecule is C=CCN(C(=O)C1N(CCO)C(=O)[C@@H]2[C@H](C(=O)OCC)[C@@H]3CCC12S3)C(C)CCC. The van der Waals surface area contributed by atoms with Crippen molar-refractivity contribution < 1.29 is 24.2 Å². The molecule has 7 nitrogen and oxygen atoms in total. The van der Waals surface area contributed by atoms with Gasteiger partial charge in [0.15, 0.2) is 0 Å². The summed E-state index contributed by atoms with van der Waals surface area (Å²) in [4.78, 5) is 43.4. The number of hydrogen-bond acceptors (Lipinski definition) is 6. The highest BCUT2D eigenvalue weighted by molar-refractivity contribution is 8.02. The third-order valence-electron chi connectivity index (χ3n) is 6.78. The Morgan fingerprint density at radius 2 is 2.20 bits per heavy atom. The van der Waals surface area contributed by atoms with E-state index in [4.69, 9.17) is 4.74 Å². The van der Waals surface area contributed by atoms with Gasteiger partial charge in [0.1, 0.15) is 6.04 Å². The monoisotopic (exact) mass is 438 g/mol. The Labute approximate surface area is 183 Å². The lowest BCUT2D eigenvalue weighted by atomic mass is 9.71. The van der Waals surface area contributed by atoms with Crippen molar-refractivity contribution in [2.45, 2.75) is 68.5 Å². The van der Waals surface area contributed by atoms with Crippen LogP contribution in [0.25, 0.3) is 0 Å². The van der Waals surface area contributed by atoms with Gasteiger partial charge in [-0.2, -0.15) is 0 Å². The molecule has 2 amide bonds. The molecule has 2 bridgehead atoms. The van der Waals surface area contributed by atoms with E-state index in [9.17, 15) is 19.5 Å². The van der Waals surface area contributed by atoms with Crippen molar-refractivity contribution in [1.82, 2.24) is 9.80 Å². The number of aliphatic hydroxyl groups is 1. The van der Waals surface area contributed by atoms with Gasteiger partial charge < -0.3 is 19.6 Å². The van der Waals surface area contributed by atoms with Crippen LogP contribution in [0.4, 0.5) is 0 Å². The standard InChI is InChI=1S/C22H34N2O5S/c1-5-8-14(4)23(11-6-2)20(27)18-22-10-9-15(30-22)16(21(28)29-7-3)17(22)19(26)24(18)12-13-25/h6,14-18,25H,2,5,7-13H2,1,3-4H3/t14?,15-,16+,17-,18?,22?/m0/s1. The molecule has 6 atom stereocenters. The first-order valence-electron chi connectivity index (χ1n) is 11.0. The second kappa shape index (κ2) is 9.30. The predicted octanol–water partition coefficient (Wildman–Crippen LogP) is 1.84. The minimum Gasteiger partial charge on any atom is -0.466 e. The van der Waals surface area contributed by atoms with Gasteiger partial charge in [0, 0.05) is 24.4 Å². The summed E-state index contributed by atoms with van der Waals surface area (Å²) >= 11 is 1.62. The molecule has 0 aromatic carbocycles. The summed E-state index contributed by atoms with van der Waals surface area (Å²) in [6.45, 7) is 10.2. The lowest BCUT2D eigenvalue weighted by molar-refractivity contribution is -0.153. The quantitative estimate of drug-likeness (QED) is 0.414. The van der Waals surface area contributed by atoms with Gasteiger partial charge in [-0.05, 0) is 33.1 Å². The Morgan fingerprint density at radius 1 is 1.47 bits per heavy atom.